The van der Waals surface area contributed by atoms with Gasteiger partial charge in [-0.1, -0.05) is 18.2 Å². The van der Waals surface area contributed by atoms with Crippen molar-refractivity contribution in [2.45, 2.75) is 19.4 Å². The van der Waals surface area contributed by atoms with Gasteiger partial charge in [0.15, 0.2) is 5.96 Å². The van der Waals surface area contributed by atoms with E-state index in [1.165, 1.54) is 12.1 Å². The van der Waals surface area contributed by atoms with Crippen LogP contribution >= 0.6 is 12.4 Å². The first-order valence-corrected chi connectivity index (χ1v) is 8.88. The predicted molar refractivity (Wildman–Crippen MR) is 109 cm³/mol. The lowest BCUT2D eigenvalue weighted by atomic mass is 9.97. The molecule has 0 aliphatic carbocycles. The van der Waals surface area contributed by atoms with Gasteiger partial charge >= 0.3 is 0 Å². The highest BCUT2D eigenvalue weighted by Crippen LogP contribution is 2.22. The molecule has 8 heteroatoms. The quantitative estimate of drug-likeness (QED) is 0.524. The molecular weight excluding hydrogens is 383 g/mol. The van der Waals surface area contributed by atoms with E-state index in [0.29, 0.717) is 31.1 Å². The minimum atomic E-state index is -0.283. The van der Waals surface area contributed by atoms with Crippen molar-refractivity contribution < 1.29 is 13.9 Å². The van der Waals surface area contributed by atoms with Crippen LogP contribution in [0.25, 0.3) is 0 Å². The highest BCUT2D eigenvalue weighted by atomic mass is 35.5. The smallest absolute Gasteiger partial charge is 0.229 e. The van der Waals surface area contributed by atoms with Crippen molar-refractivity contribution in [3.63, 3.8) is 0 Å². The molecule has 1 unspecified atom stereocenters. The predicted octanol–water partition coefficient (Wildman–Crippen LogP) is 3.37. The molecule has 0 spiro atoms. The van der Waals surface area contributed by atoms with Gasteiger partial charge in [-0.25, -0.2) is 4.39 Å². The molecule has 1 atom stereocenters. The number of likely N-dealkylation sites (tertiary alicyclic amines) is 1. The second-order valence-electron chi connectivity index (χ2n) is 6.60. The van der Waals surface area contributed by atoms with E-state index in [1.807, 2.05) is 0 Å². The molecule has 1 amide bonds. The van der Waals surface area contributed by atoms with Crippen LogP contribution in [-0.2, 0) is 11.4 Å². The van der Waals surface area contributed by atoms with Crippen molar-refractivity contribution in [1.29, 1.82) is 5.41 Å². The highest BCUT2D eigenvalue weighted by Gasteiger charge is 2.26. The highest BCUT2D eigenvalue weighted by molar-refractivity contribution is 5.93. The van der Waals surface area contributed by atoms with Crippen LogP contribution < -0.4 is 15.8 Å². The van der Waals surface area contributed by atoms with Crippen LogP contribution in [0.2, 0.25) is 0 Å². The van der Waals surface area contributed by atoms with Gasteiger partial charge in [0.25, 0.3) is 0 Å². The maximum Gasteiger partial charge on any atom is 0.229 e. The lowest BCUT2D eigenvalue weighted by molar-refractivity contribution is -0.121. The summed E-state index contributed by atoms with van der Waals surface area (Å²) in [6, 6.07) is 13.3. The zero-order chi connectivity index (χ0) is 19.2. The number of benzene rings is 2. The van der Waals surface area contributed by atoms with Crippen LogP contribution in [0.15, 0.2) is 48.5 Å². The Labute approximate surface area is 169 Å². The maximum absolute atomic E-state index is 12.9. The van der Waals surface area contributed by atoms with Gasteiger partial charge < -0.3 is 20.7 Å². The largest absolute Gasteiger partial charge is 0.489 e. The van der Waals surface area contributed by atoms with Gasteiger partial charge in [-0.2, -0.15) is 0 Å². The van der Waals surface area contributed by atoms with E-state index < -0.39 is 0 Å². The Morgan fingerprint density at radius 1 is 1.29 bits per heavy atom. The standard InChI is InChI=1S/C20H23FN4O2.ClH/c21-16-8-6-14(7-9-16)13-27-18-5-1-4-17(11-18)24-19(26)15-3-2-10-25(12-15)20(22)23;/h1,4-9,11,15H,2-3,10,12-13H2,(H3,22,23)(H,24,26);1H. The minimum Gasteiger partial charge on any atom is -0.489 e. The number of piperidine rings is 1. The number of guanidine groups is 1. The van der Waals surface area contributed by atoms with Crippen LogP contribution in [0.1, 0.15) is 18.4 Å². The number of anilines is 1. The van der Waals surface area contributed by atoms with E-state index in [1.54, 1.807) is 41.3 Å². The molecule has 150 valence electrons. The lowest BCUT2D eigenvalue weighted by Gasteiger charge is -2.32. The summed E-state index contributed by atoms with van der Waals surface area (Å²) in [6.45, 7) is 1.49. The summed E-state index contributed by atoms with van der Waals surface area (Å²) in [7, 11) is 0. The van der Waals surface area contributed by atoms with Crippen molar-refractivity contribution in [3.8, 4) is 5.75 Å². The second-order valence-corrected chi connectivity index (χ2v) is 6.60. The van der Waals surface area contributed by atoms with Crippen molar-refractivity contribution in [1.82, 2.24) is 4.90 Å². The first kappa shape index (κ1) is 21.5. The number of halogens is 2. The normalized spacial score (nSPS) is 16.0. The Morgan fingerprint density at radius 3 is 2.75 bits per heavy atom. The molecule has 3 rings (SSSR count). The SMILES string of the molecule is Cl.N=C(N)N1CCCC(C(=O)Nc2cccc(OCc3ccc(F)cc3)c2)C1. The Kier molecular flexibility index (Phi) is 7.63. The Balaban J connectivity index is 0.00000280. The minimum absolute atomic E-state index is 0. The van der Waals surface area contributed by atoms with Gasteiger partial charge in [-0.05, 0) is 42.7 Å². The zero-order valence-electron chi connectivity index (χ0n) is 15.4. The second kappa shape index (κ2) is 9.94. The van der Waals surface area contributed by atoms with Crippen molar-refractivity contribution in [3.05, 3.63) is 59.9 Å². The third-order valence-electron chi connectivity index (χ3n) is 4.55. The molecule has 1 aliphatic heterocycles. The van der Waals surface area contributed by atoms with E-state index in [9.17, 15) is 9.18 Å². The fraction of sp³-hybridized carbons (Fsp3) is 0.300. The molecule has 1 heterocycles. The number of carbonyl (C=O) groups is 1. The molecule has 0 saturated carbocycles. The number of ether oxygens (including phenoxy) is 1. The fourth-order valence-corrected chi connectivity index (χ4v) is 3.07. The molecule has 1 aliphatic rings. The van der Waals surface area contributed by atoms with Crippen LogP contribution in [-0.4, -0.2) is 29.9 Å². The van der Waals surface area contributed by atoms with Crippen molar-refractivity contribution in [2.75, 3.05) is 18.4 Å². The summed E-state index contributed by atoms with van der Waals surface area (Å²) in [5.74, 6) is 0.0485. The number of hydrogen-bond donors (Lipinski definition) is 3. The molecule has 2 aromatic rings. The summed E-state index contributed by atoms with van der Waals surface area (Å²) in [4.78, 5) is 14.3. The summed E-state index contributed by atoms with van der Waals surface area (Å²) in [5, 5.41) is 10.4. The Bertz CT molecular complexity index is 816. The fourth-order valence-electron chi connectivity index (χ4n) is 3.07. The summed E-state index contributed by atoms with van der Waals surface area (Å²) in [5.41, 5.74) is 7.04. The maximum atomic E-state index is 12.9. The average molecular weight is 407 g/mol. The van der Waals surface area contributed by atoms with E-state index >= 15 is 0 Å². The average Bonchev–Trinajstić information content (AvgIpc) is 2.68. The lowest BCUT2D eigenvalue weighted by Crippen LogP contribution is -2.46. The van der Waals surface area contributed by atoms with Gasteiger partial charge in [-0.15, -0.1) is 12.4 Å². The van der Waals surface area contributed by atoms with Crippen LogP contribution in [0.5, 0.6) is 5.75 Å². The number of hydrogen-bond acceptors (Lipinski definition) is 3. The summed E-state index contributed by atoms with van der Waals surface area (Å²) in [6.07, 6.45) is 1.61. The van der Waals surface area contributed by atoms with Crippen molar-refractivity contribution in [2.24, 2.45) is 11.7 Å². The van der Waals surface area contributed by atoms with Crippen molar-refractivity contribution >= 4 is 30.0 Å². The molecule has 0 aromatic heterocycles. The number of rotatable bonds is 5. The van der Waals surface area contributed by atoms with E-state index in [-0.39, 0.29) is 36.0 Å². The monoisotopic (exact) mass is 406 g/mol. The molecule has 1 saturated heterocycles. The molecule has 6 nitrogen and oxygen atoms in total. The van der Waals surface area contributed by atoms with Gasteiger partial charge in [0.2, 0.25) is 5.91 Å². The topological polar surface area (TPSA) is 91.4 Å². The number of nitrogens with one attached hydrogen (secondary N) is 2. The van der Waals surface area contributed by atoms with Crippen LogP contribution in [0.4, 0.5) is 10.1 Å². The molecule has 28 heavy (non-hydrogen) atoms. The van der Waals surface area contributed by atoms with Gasteiger partial charge in [0, 0.05) is 24.8 Å². The molecule has 0 radical (unpaired) electrons. The number of nitrogens with zero attached hydrogens (tertiary/aromatic N) is 1. The molecule has 1 fully saturated rings. The number of amides is 1. The van der Waals surface area contributed by atoms with Gasteiger partial charge in [-0.3, -0.25) is 10.2 Å². The molecule has 4 N–H and O–H groups in total. The van der Waals surface area contributed by atoms with Crippen LogP contribution in [0, 0.1) is 17.1 Å². The van der Waals surface area contributed by atoms with Gasteiger partial charge in [0.05, 0.1) is 5.92 Å². The number of carbonyl (C=O) groups excluding carboxylic acids is 1. The van der Waals surface area contributed by atoms with Crippen LogP contribution in [0.3, 0.4) is 0 Å². The first-order chi connectivity index (χ1) is 13.0. The Morgan fingerprint density at radius 2 is 2.04 bits per heavy atom. The van der Waals surface area contributed by atoms with E-state index in [2.05, 4.69) is 5.32 Å². The van der Waals surface area contributed by atoms with E-state index in [4.69, 9.17) is 15.9 Å². The Hall–Kier alpha value is -2.80. The summed E-state index contributed by atoms with van der Waals surface area (Å²) >= 11 is 0. The third-order valence-corrected chi connectivity index (χ3v) is 4.55. The van der Waals surface area contributed by atoms with E-state index in [0.717, 1.165) is 18.4 Å². The summed E-state index contributed by atoms with van der Waals surface area (Å²) < 4.78 is 18.7. The van der Waals surface area contributed by atoms with Gasteiger partial charge in [0.1, 0.15) is 18.2 Å². The molecular formula is C20H24ClFN4O2. The first-order valence-electron chi connectivity index (χ1n) is 8.88. The number of nitrogens with two attached hydrogens (primary N) is 1. The third kappa shape index (κ3) is 5.85. The molecule has 2 aromatic carbocycles. The zero-order valence-corrected chi connectivity index (χ0v) is 16.2. The molecule has 0 bridgehead atoms.